The first kappa shape index (κ1) is 13.3. The van der Waals surface area contributed by atoms with Crippen LogP contribution in [0.2, 0.25) is 0 Å². The van der Waals surface area contributed by atoms with Gasteiger partial charge in [0.1, 0.15) is 5.76 Å². The molecule has 0 radical (unpaired) electrons. The largest absolute Gasteiger partial charge is 0.444 e. The summed E-state index contributed by atoms with van der Waals surface area (Å²) in [5.41, 5.74) is 1.45. The van der Waals surface area contributed by atoms with Gasteiger partial charge in [-0.25, -0.2) is 4.98 Å². The molecule has 19 heavy (non-hydrogen) atoms. The van der Waals surface area contributed by atoms with E-state index in [1.807, 2.05) is 17.5 Å². The molecule has 0 bridgehead atoms. The maximum Gasteiger partial charge on any atom is 0.208 e. The predicted octanol–water partition coefficient (Wildman–Crippen LogP) is 4.23. The number of rotatable bonds is 4. The second-order valence-corrected chi connectivity index (χ2v) is 7.34. The van der Waals surface area contributed by atoms with Crippen molar-refractivity contribution in [3.8, 4) is 0 Å². The normalized spacial score (nSPS) is 18.5. The maximum absolute atomic E-state index is 5.64. The lowest BCUT2D eigenvalue weighted by atomic mass is 9.94. The molecule has 0 amide bonds. The number of fused-ring (bicyclic) bond motifs is 1. The highest BCUT2D eigenvalue weighted by molar-refractivity contribution is 9.11. The van der Waals surface area contributed by atoms with Gasteiger partial charge in [-0.2, -0.15) is 0 Å². The van der Waals surface area contributed by atoms with Crippen LogP contribution in [0.4, 0.5) is 0 Å². The fourth-order valence-electron chi connectivity index (χ4n) is 2.54. The smallest absolute Gasteiger partial charge is 0.208 e. The molecule has 1 N–H and O–H groups in total. The molecule has 1 unspecified atom stereocenters. The highest BCUT2D eigenvalue weighted by Gasteiger charge is 2.22. The topological polar surface area (TPSA) is 38.1 Å². The first-order chi connectivity index (χ1) is 9.26. The zero-order valence-electron chi connectivity index (χ0n) is 10.9. The molecule has 1 atom stereocenters. The summed E-state index contributed by atoms with van der Waals surface area (Å²) >= 11 is 5.45. The molecule has 0 spiro atoms. The molecule has 102 valence electrons. The Morgan fingerprint density at radius 3 is 3.26 bits per heavy atom. The molecule has 2 aromatic heterocycles. The van der Waals surface area contributed by atoms with Gasteiger partial charge in [-0.15, -0.1) is 11.3 Å². The number of nitrogens with one attached hydrogen (secondary N) is 1. The highest BCUT2D eigenvalue weighted by Crippen LogP contribution is 2.38. The lowest BCUT2D eigenvalue weighted by molar-refractivity contribution is 0.398. The number of aromatic nitrogens is 1. The first-order valence-corrected chi connectivity index (χ1v) is 8.32. The minimum Gasteiger partial charge on any atom is -0.444 e. The molecular weight excluding hydrogens is 324 g/mol. The van der Waals surface area contributed by atoms with Gasteiger partial charge >= 0.3 is 0 Å². The van der Waals surface area contributed by atoms with Crippen molar-refractivity contribution in [1.82, 2.24) is 10.3 Å². The van der Waals surface area contributed by atoms with Crippen molar-refractivity contribution in [2.75, 3.05) is 0 Å². The summed E-state index contributed by atoms with van der Waals surface area (Å²) in [6.45, 7) is 2.78. The van der Waals surface area contributed by atoms with Crippen molar-refractivity contribution < 1.29 is 4.42 Å². The van der Waals surface area contributed by atoms with Crippen LogP contribution >= 0.6 is 27.3 Å². The van der Waals surface area contributed by atoms with Crippen LogP contribution in [0, 0.1) is 0 Å². The highest BCUT2D eigenvalue weighted by atomic mass is 79.9. The van der Waals surface area contributed by atoms with Crippen LogP contribution < -0.4 is 5.32 Å². The summed E-state index contributed by atoms with van der Waals surface area (Å²) in [5, 5.41) is 3.57. The summed E-state index contributed by atoms with van der Waals surface area (Å²) in [4.78, 5) is 5.81. The van der Waals surface area contributed by atoms with E-state index in [2.05, 4.69) is 39.2 Å². The lowest BCUT2D eigenvalue weighted by Crippen LogP contribution is -2.23. The zero-order chi connectivity index (χ0) is 13.2. The van der Waals surface area contributed by atoms with E-state index in [4.69, 9.17) is 4.42 Å². The van der Waals surface area contributed by atoms with Gasteiger partial charge in [-0.1, -0.05) is 6.92 Å². The Bertz CT molecular complexity index is 564. The van der Waals surface area contributed by atoms with E-state index in [0.717, 1.165) is 18.1 Å². The summed E-state index contributed by atoms with van der Waals surface area (Å²) in [6.07, 6.45) is 6.38. The number of halogens is 1. The monoisotopic (exact) mass is 340 g/mol. The number of aryl methyl sites for hydroxylation is 2. The quantitative estimate of drug-likeness (QED) is 0.904. The Morgan fingerprint density at radius 1 is 1.58 bits per heavy atom. The minimum atomic E-state index is 0.434. The van der Waals surface area contributed by atoms with Crippen LogP contribution in [0.5, 0.6) is 0 Å². The molecule has 0 aromatic carbocycles. The molecule has 0 fully saturated rings. The van der Waals surface area contributed by atoms with Gasteiger partial charge in [-0.3, -0.25) is 0 Å². The Labute approximate surface area is 125 Å². The molecule has 3 nitrogen and oxygen atoms in total. The molecule has 0 saturated heterocycles. The molecule has 1 aliphatic rings. The number of hydrogen-bond acceptors (Lipinski definition) is 4. The average Bonchev–Trinajstić information content (AvgIpc) is 3.01. The van der Waals surface area contributed by atoms with Crippen molar-refractivity contribution in [3.05, 3.63) is 38.1 Å². The first-order valence-electron chi connectivity index (χ1n) is 6.71. The van der Waals surface area contributed by atoms with Crippen molar-refractivity contribution in [2.24, 2.45) is 0 Å². The van der Waals surface area contributed by atoms with E-state index in [1.54, 1.807) is 0 Å². The van der Waals surface area contributed by atoms with Gasteiger partial charge in [0.05, 0.1) is 16.5 Å². The van der Waals surface area contributed by atoms with E-state index in [9.17, 15) is 0 Å². The molecule has 0 saturated carbocycles. The minimum absolute atomic E-state index is 0.434. The Hall–Kier alpha value is -0.650. The Kier molecular flexibility index (Phi) is 4.05. The predicted molar refractivity (Wildman–Crippen MR) is 80.4 cm³/mol. The third-order valence-corrected chi connectivity index (χ3v) is 5.25. The number of hydrogen-bond donors (Lipinski definition) is 1. The fraction of sp³-hybridized carbons (Fsp3) is 0.500. The van der Waals surface area contributed by atoms with Gasteiger partial charge in [0.2, 0.25) is 5.89 Å². The molecule has 0 aliphatic heterocycles. The van der Waals surface area contributed by atoms with Gasteiger partial charge in [-0.05, 0) is 46.8 Å². The van der Waals surface area contributed by atoms with Crippen molar-refractivity contribution in [3.63, 3.8) is 0 Å². The van der Waals surface area contributed by atoms with Crippen LogP contribution in [0.15, 0.2) is 20.5 Å². The van der Waals surface area contributed by atoms with E-state index >= 15 is 0 Å². The van der Waals surface area contributed by atoms with E-state index in [0.29, 0.717) is 12.6 Å². The number of oxazole rings is 1. The zero-order valence-corrected chi connectivity index (χ0v) is 13.3. The van der Waals surface area contributed by atoms with Gasteiger partial charge in [0, 0.05) is 17.3 Å². The van der Waals surface area contributed by atoms with Crippen LogP contribution in [0.25, 0.3) is 0 Å². The second kappa shape index (κ2) is 5.77. The van der Waals surface area contributed by atoms with Crippen LogP contribution in [-0.2, 0) is 19.4 Å². The van der Waals surface area contributed by atoms with Gasteiger partial charge < -0.3 is 9.73 Å². The molecular formula is C14H17BrN2OS. The van der Waals surface area contributed by atoms with Crippen molar-refractivity contribution in [1.29, 1.82) is 0 Å². The second-order valence-electron chi connectivity index (χ2n) is 4.83. The SMILES string of the molecule is CCc1cnc(CNC2CCCc3sc(Br)cc32)o1. The third-order valence-electron chi connectivity index (χ3n) is 3.53. The molecule has 5 heteroatoms. The summed E-state index contributed by atoms with van der Waals surface area (Å²) in [6, 6.07) is 2.69. The Balaban J connectivity index is 1.67. The van der Waals surface area contributed by atoms with E-state index in [-0.39, 0.29) is 0 Å². The summed E-state index contributed by atoms with van der Waals surface area (Å²) in [7, 11) is 0. The van der Waals surface area contributed by atoms with Crippen LogP contribution in [0.1, 0.15) is 47.9 Å². The van der Waals surface area contributed by atoms with E-state index in [1.165, 1.54) is 33.5 Å². The van der Waals surface area contributed by atoms with Crippen LogP contribution in [0.3, 0.4) is 0 Å². The average molecular weight is 341 g/mol. The maximum atomic E-state index is 5.64. The van der Waals surface area contributed by atoms with Crippen LogP contribution in [-0.4, -0.2) is 4.98 Å². The molecule has 1 aliphatic carbocycles. The fourth-order valence-corrected chi connectivity index (χ4v) is 4.36. The van der Waals surface area contributed by atoms with Gasteiger partial charge in [0.25, 0.3) is 0 Å². The molecule has 3 rings (SSSR count). The summed E-state index contributed by atoms with van der Waals surface area (Å²) < 4.78 is 6.87. The summed E-state index contributed by atoms with van der Waals surface area (Å²) in [5.74, 6) is 1.75. The Morgan fingerprint density at radius 2 is 2.47 bits per heavy atom. The van der Waals surface area contributed by atoms with Gasteiger partial charge in [0.15, 0.2) is 0 Å². The number of thiophene rings is 1. The number of nitrogens with zero attached hydrogens (tertiary/aromatic N) is 1. The molecule has 2 heterocycles. The van der Waals surface area contributed by atoms with Crippen molar-refractivity contribution >= 4 is 27.3 Å². The standard InChI is InChI=1S/C14H17BrN2OS/c1-2-9-7-17-14(18-9)8-16-11-4-3-5-12-10(11)6-13(15)19-12/h6-7,11,16H,2-5,8H2,1H3. The molecule has 2 aromatic rings. The van der Waals surface area contributed by atoms with E-state index < -0.39 is 0 Å². The van der Waals surface area contributed by atoms with Crippen molar-refractivity contribution in [2.45, 2.75) is 45.2 Å². The lowest BCUT2D eigenvalue weighted by Gasteiger charge is -2.23. The third kappa shape index (κ3) is 2.93.